The van der Waals surface area contributed by atoms with Gasteiger partial charge in [-0.3, -0.25) is 4.99 Å². The van der Waals surface area contributed by atoms with Gasteiger partial charge < -0.3 is 19.5 Å². The van der Waals surface area contributed by atoms with Gasteiger partial charge in [-0.15, -0.1) is 0 Å². The van der Waals surface area contributed by atoms with Crippen molar-refractivity contribution in [2.45, 2.75) is 20.8 Å². The SMILES string of the molecule is C=N/C(C(=O)OC)=C(/C(=O)O)N1CCOc2cc(Br)c(C)cc21.CC. The third-order valence-electron chi connectivity index (χ3n) is 3.34. The molecular formula is C17H21BrN2O5. The largest absolute Gasteiger partial charge is 0.489 e. The third-order valence-corrected chi connectivity index (χ3v) is 4.19. The summed E-state index contributed by atoms with van der Waals surface area (Å²) in [6.07, 6.45) is 0. The zero-order valence-electron chi connectivity index (χ0n) is 14.6. The van der Waals surface area contributed by atoms with Crippen molar-refractivity contribution in [2.75, 3.05) is 25.2 Å². The second-order valence-electron chi connectivity index (χ2n) is 4.72. The van der Waals surface area contributed by atoms with Gasteiger partial charge in [0.05, 0.1) is 19.3 Å². The summed E-state index contributed by atoms with van der Waals surface area (Å²) in [6.45, 7) is 9.67. The zero-order chi connectivity index (χ0) is 19.1. The second kappa shape index (κ2) is 9.22. The van der Waals surface area contributed by atoms with Crippen molar-refractivity contribution < 1.29 is 24.2 Å². The Kier molecular flexibility index (Phi) is 7.63. The van der Waals surface area contributed by atoms with E-state index in [-0.39, 0.29) is 24.5 Å². The maximum absolute atomic E-state index is 11.8. The number of methoxy groups -OCH3 is 1. The molecule has 25 heavy (non-hydrogen) atoms. The number of aliphatic imine (C=N–C) groups is 1. The Labute approximate surface area is 155 Å². The van der Waals surface area contributed by atoms with E-state index in [9.17, 15) is 14.7 Å². The van der Waals surface area contributed by atoms with Crippen LogP contribution in [0.3, 0.4) is 0 Å². The molecular weight excluding hydrogens is 392 g/mol. The molecule has 0 aliphatic carbocycles. The Hall–Kier alpha value is -2.35. The number of carbonyl (C=O) groups is 2. The smallest absolute Gasteiger partial charge is 0.359 e. The molecule has 136 valence electrons. The van der Waals surface area contributed by atoms with E-state index in [1.807, 2.05) is 20.8 Å². The number of carboxylic acid groups (broad SMARTS) is 1. The number of hydrogen-bond donors (Lipinski definition) is 1. The number of ether oxygens (including phenoxy) is 2. The van der Waals surface area contributed by atoms with Crippen molar-refractivity contribution in [3.63, 3.8) is 0 Å². The molecule has 1 aliphatic heterocycles. The number of benzene rings is 1. The fourth-order valence-electron chi connectivity index (χ4n) is 2.25. The van der Waals surface area contributed by atoms with Crippen LogP contribution in [-0.2, 0) is 14.3 Å². The maximum Gasteiger partial charge on any atom is 0.359 e. The highest BCUT2D eigenvalue weighted by molar-refractivity contribution is 9.10. The summed E-state index contributed by atoms with van der Waals surface area (Å²) in [6, 6.07) is 3.54. The molecule has 1 aliphatic rings. The zero-order valence-corrected chi connectivity index (χ0v) is 16.2. The average molecular weight is 413 g/mol. The van der Waals surface area contributed by atoms with Crippen LogP contribution in [0.1, 0.15) is 19.4 Å². The number of fused-ring (bicyclic) bond motifs is 1. The maximum atomic E-state index is 11.8. The van der Waals surface area contributed by atoms with Gasteiger partial charge >= 0.3 is 11.9 Å². The van der Waals surface area contributed by atoms with Gasteiger partial charge in [0.1, 0.15) is 12.4 Å². The molecule has 0 spiro atoms. The van der Waals surface area contributed by atoms with Crippen molar-refractivity contribution in [3.8, 4) is 5.75 Å². The van der Waals surface area contributed by atoms with E-state index in [0.717, 1.165) is 17.1 Å². The van der Waals surface area contributed by atoms with Crippen molar-refractivity contribution in [1.29, 1.82) is 0 Å². The average Bonchev–Trinajstić information content (AvgIpc) is 2.61. The Morgan fingerprint density at radius 3 is 2.56 bits per heavy atom. The molecule has 1 heterocycles. The van der Waals surface area contributed by atoms with E-state index in [4.69, 9.17) is 4.74 Å². The molecule has 0 unspecified atom stereocenters. The molecule has 1 aromatic rings. The normalized spacial score (nSPS) is 13.4. The van der Waals surface area contributed by atoms with Crippen molar-refractivity contribution in [3.05, 3.63) is 33.6 Å². The molecule has 7 nitrogen and oxygen atoms in total. The first-order chi connectivity index (χ1) is 11.9. The molecule has 8 heteroatoms. The van der Waals surface area contributed by atoms with E-state index in [1.165, 1.54) is 4.90 Å². The van der Waals surface area contributed by atoms with E-state index < -0.39 is 11.9 Å². The molecule has 0 bridgehead atoms. The van der Waals surface area contributed by atoms with E-state index >= 15 is 0 Å². The number of rotatable bonds is 4. The fourth-order valence-corrected chi connectivity index (χ4v) is 2.57. The number of anilines is 1. The molecule has 1 aromatic carbocycles. The molecule has 0 saturated heterocycles. The van der Waals surface area contributed by atoms with Gasteiger partial charge in [-0.25, -0.2) is 9.59 Å². The first kappa shape index (κ1) is 20.7. The third kappa shape index (κ3) is 4.39. The van der Waals surface area contributed by atoms with Crippen molar-refractivity contribution in [1.82, 2.24) is 0 Å². The Bertz CT molecular complexity index is 715. The second-order valence-corrected chi connectivity index (χ2v) is 5.58. The minimum absolute atomic E-state index is 0.256. The number of nitrogens with zero attached hydrogens (tertiary/aromatic N) is 2. The van der Waals surface area contributed by atoms with Crippen LogP contribution in [0, 0.1) is 6.92 Å². The van der Waals surface area contributed by atoms with Gasteiger partial charge in [-0.05, 0) is 31.3 Å². The molecule has 0 amide bonds. The lowest BCUT2D eigenvalue weighted by Gasteiger charge is -2.32. The van der Waals surface area contributed by atoms with E-state index in [2.05, 4.69) is 32.4 Å². The van der Waals surface area contributed by atoms with Gasteiger partial charge in [0.2, 0.25) is 0 Å². The molecule has 2 rings (SSSR count). The lowest BCUT2D eigenvalue weighted by molar-refractivity contribution is -0.138. The molecule has 0 aromatic heterocycles. The number of hydrogen-bond acceptors (Lipinski definition) is 6. The quantitative estimate of drug-likeness (QED) is 0.464. The van der Waals surface area contributed by atoms with Crippen LogP contribution in [0.15, 0.2) is 33.0 Å². The van der Waals surface area contributed by atoms with Gasteiger partial charge in [-0.1, -0.05) is 29.8 Å². The molecule has 0 atom stereocenters. The number of aryl methyl sites for hydroxylation is 1. The highest BCUT2D eigenvalue weighted by Gasteiger charge is 2.31. The summed E-state index contributed by atoms with van der Waals surface area (Å²) < 4.78 is 11.0. The highest BCUT2D eigenvalue weighted by Crippen LogP contribution is 2.38. The van der Waals surface area contributed by atoms with Crippen LogP contribution < -0.4 is 9.64 Å². The molecule has 1 N–H and O–H groups in total. The highest BCUT2D eigenvalue weighted by atomic mass is 79.9. The van der Waals surface area contributed by atoms with Crippen LogP contribution >= 0.6 is 15.9 Å². The standard InChI is InChI=1S/C15H15BrN2O5.C2H6/c1-8-6-10-11(7-9(8)16)23-5-4-18(10)13(14(19)20)12(17-2)15(21)22-3;1-2/h6-7H,2,4-5H2,1,3H3,(H,19,20);1-2H3/b13-12-;. The van der Waals surface area contributed by atoms with Crippen molar-refractivity contribution in [2.24, 2.45) is 4.99 Å². The van der Waals surface area contributed by atoms with Crippen LogP contribution in [0.25, 0.3) is 0 Å². The predicted octanol–water partition coefficient (Wildman–Crippen LogP) is 3.15. The lowest BCUT2D eigenvalue weighted by Crippen LogP contribution is -2.37. The summed E-state index contributed by atoms with van der Waals surface area (Å²) in [5.41, 5.74) is 0.793. The first-order valence-electron chi connectivity index (χ1n) is 7.63. The van der Waals surface area contributed by atoms with Crippen LogP contribution in [0.4, 0.5) is 5.69 Å². The Morgan fingerprint density at radius 2 is 2.04 bits per heavy atom. The summed E-state index contributed by atoms with van der Waals surface area (Å²) in [4.78, 5) is 28.6. The van der Waals surface area contributed by atoms with E-state index in [1.54, 1.807) is 12.1 Å². The summed E-state index contributed by atoms with van der Waals surface area (Å²) in [7, 11) is 1.15. The summed E-state index contributed by atoms with van der Waals surface area (Å²) in [5, 5.41) is 9.58. The van der Waals surface area contributed by atoms with Crippen LogP contribution in [0.2, 0.25) is 0 Å². The molecule has 0 fully saturated rings. The topological polar surface area (TPSA) is 88.4 Å². The molecule has 0 saturated carbocycles. The van der Waals surface area contributed by atoms with Gasteiger partial charge in [0.15, 0.2) is 11.4 Å². The number of halogens is 1. The number of carboxylic acids is 1. The van der Waals surface area contributed by atoms with Crippen molar-refractivity contribution >= 4 is 40.3 Å². The minimum Gasteiger partial charge on any atom is -0.489 e. The van der Waals surface area contributed by atoms with Gasteiger partial charge in [0.25, 0.3) is 0 Å². The van der Waals surface area contributed by atoms with Crippen LogP contribution in [0.5, 0.6) is 5.75 Å². The molecule has 0 radical (unpaired) electrons. The van der Waals surface area contributed by atoms with Crippen LogP contribution in [-0.4, -0.2) is 44.0 Å². The van der Waals surface area contributed by atoms with Gasteiger partial charge in [-0.2, -0.15) is 0 Å². The minimum atomic E-state index is -1.30. The first-order valence-corrected chi connectivity index (χ1v) is 8.43. The Balaban J connectivity index is 0.00000151. The van der Waals surface area contributed by atoms with E-state index in [0.29, 0.717) is 11.4 Å². The Morgan fingerprint density at radius 1 is 1.40 bits per heavy atom. The number of aliphatic carboxylic acids is 1. The monoisotopic (exact) mass is 412 g/mol. The number of carbonyl (C=O) groups excluding carboxylic acids is 1. The number of esters is 1. The fraction of sp³-hybridized carbons (Fsp3) is 0.353. The summed E-state index contributed by atoms with van der Waals surface area (Å²) in [5.74, 6) is -1.65. The summed E-state index contributed by atoms with van der Waals surface area (Å²) >= 11 is 3.41. The lowest BCUT2D eigenvalue weighted by atomic mass is 10.1. The van der Waals surface area contributed by atoms with Gasteiger partial charge in [0, 0.05) is 4.47 Å². The predicted molar refractivity (Wildman–Crippen MR) is 99.3 cm³/mol.